The molecule has 0 aliphatic carbocycles. The summed E-state index contributed by atoms with van der Waals surface area (Å²) in [5.41, 5.74) is 7.70. The molecule has 1 fully saturated rings. The van der Waals surface area contributed by atoms with E-state index in [0.717, 1.165) is 30.6 Å². The van der Waals surface area contributed by atoms with E-state index in [1.165, 1.54) is 0 Å². The number of likely N-dealkylation sites (tertiary alicyclic amines) is 1. The number of amides is 2. The Morgan fingerprint density at radius 3 is 2.78 bits per heavy atom. The number of benzene rings is 1. The monoisotopic (exact) mass is 369 g/mol. The molecule has 1 unspecified atom stereocenters. The topological polar surface area (TPSA) is 93.2 Å². The highest BCUT2D eigenvalue weighted by Crippen LogP contribution is 2.20. The van der Waals surface area contributed by atoms with Crippen molar-refractivity contribution in [3.63, 3.8) is 0 Å². The molecule has 0 bridgehead atoms. The molecule has 1 aromatic carbocycles. The van der Waals surface area contributed by atoms with E-state index < -0.39 is 0 Å². The number of hydrogen-bond donors (Lipinski definition) is 2. The van der Waals surface area contributed by atoms with Crippen LogP contribution in [0.5, 0.6) is 0 Å². The first-order chi connectivity index (χ1) is 13.1. The molecule has 0 saturated carbocycles. The van der Waals surface area contributed by atoms with Crippen molar-refractivity contribution in [3.8, 4) is 5.69 Å². The van der Waals surface area contributed by atoms with E-state index in [4.69, 9.17) is 5.73 Å². The van der Waals surface area contributed by atoms with E-state index in [1.807, 2.05) is 48.2 Å². The van der Waals surface area contributed by atoms with Crippen LogP contribution >= 0.6 is 0 Å². The molecule has 0 spiro atoms. The zero-order valence-corrected chi connectivity index (χ0v) is 15.7. The van der Waals surface area contributed by atoms with Crippen LogP contribution in [0.1, 0.15) is 41.9 Å². The van der Waals surface area contributed by atoms with E-state index >= 15 is 0 Å². The third-order valence-corrected chi connectivity index (χ3v) is 4.90. The first-order valence-electron chi connectivity index (χ1n) is 9.50. The van der Waals surface area contributed by atoms with E-state index in [1.54, 1.807) is 4.68 Å². The van der Waals surface area contributed by atoms with Crippen LogP contribution in [0.15, 0.2) is 36.4 Å². The van der Waals surface area contributed by atoms with Crippen molar-refractivity contribution in [2.24, 2.45) is 5.73 Å². The molecule has 1 aliphatic heterocycles. The molecule has 1 aromatic heterocycles. The zero-order chi connectivity index (χ0) is 19.2. The van der Waals surface area contributed by atoms with Gasteiger partial charge in [0.2, 0.25) is 5.91 Å². The number of nitrogens with zero attached hydrogens (tertiary/aromatic N) is 3. The van der Waals surface area contributed by atoms with Gasteiger partial charge in [0.1, 0.15) is 0 Å². The van der Waals surface area contributed by atoms with Gasteiger partial charge < -0.3 is 16.0 Å². The first-order valence-corrected chi connectivity index (χ1v) is 9.50. The van der Waals surface area contributed by atoms with Gasteiger partial charge in [0.05, 0.1) is 5.69 Å². The van der Waals surface area contributed by atoms with Gasteiger partial charge in [0.15, 0.2) is 5.69 Å². The van der Waals surface area contributed by atoms with Gasteiger partial charge >= 0.3 is 0 Å². The highest BCUT2D eigenvalue weighted by molar-refractivity contribution is 5.93. The number of aromatic nitrogens is 2. The third kappa shape index (κ3) is 4.54. The molecule has 1 saturated heterocycles. The second-order valence-electron chi connectivity index (χ2n) is 6.91. The summed E-state index contributed by atoms with van der Waals surface area (Å²) in [5, 5.41) is 7.43. The Morgan fingerprint density at radius 2 is 2.04 bits per heavy atom. The molecule has 2 heterocycles. The number of nitrogens with two attached hydrogens (primary N) is 1. The number of nitrogens with one attached hydrogen (secondary N) is 1. The first kappa shape index (κ1) is 19.1. The van der Waals surface area contributed by atoms with E-state index in [9.17, 15) is 9.59 Å². The summed E-state index contributed by atoms with van der Waals surface area (Å²) < 4.78 is 1.79. The molecule has 3 N–H and O–H groups in total. The number of piperidine rings is 1. The van der Waals surface area contributed by atoms with Crippen molar-refractivity contribution < 1.29 is 9.59 Å². The number of para-hydroxylation sites is 1. The van der Waals surface area contributed by atoms with Gasteiger partial charge in [-0.3, -0.25) is 9.59 Å². The van der Waals surface area contributed by atoms with Gasteiger partial charge in [-0.1, -0.05) is 18.2 Å². The predicted molar refractivity (Wildman–Crippen MR) is 104 cm³/mol. The second-order valence-corrected chi connectivity index (χ2v) is 6.91. The molecule has 144 valence electrons. The maximum atomic E-state index is 13.1. The van der Waals surface area contributed by atoms with Crippen molar-refractivity contribution in [2.45, 2.75) is 38.6 Å². The summed E-state index contributed by atoms with van der Waals surface area (Å²) in [6, 6.07) is 11.6. The summed E-state index contributed by atoms with van der Waals surface area (Å²) in [7, 11) is 0. The highest BCUT2D eigenvalue weighted by atomic mass is 16.2. The Morgan fingerprint density at radius 1 is 1.26 bits per heavy atom. The molecule has 2 amide bonds. The molecule has 1 atom stereocenters. The highest BCUT2D eigenvalue weighted by Gasteiger charge is 2.29. The quantitative estimate of drug-likeness (QED) is 0.809. The standard InChI is InChI=1S/C20H27N5O2/c1-15-13-18(23-25(15)16-7-3-2-4-8-16)20(27)24-12-6-5-9-17(24)14-22-19(26)10-11-21/h2-4,7-8,13,17H,5-6,9-12,14,21H2,1H3,(H,22,26). The largest absolute Gasteiger partial charge is 0.354 e. The van der Waals surface area contributed by atoms with Crippen LogP contribution in [0.2, 0.25) is 0 Å². The molecule has 3 rings (SSSR count). The molecular weight excluding hydrogens is 342 g/mol. The lowest BCUT2D eigenvalue weighted by molar-refractivity contribution is -0.121. The predicted octanol–water partition coefficient (Wildman–Crippen LogP) is 1.64. The lowest BCUT2D eigenvalue weighted by atomic mass is 10.0. The zero-order valence-electron chi connectivity index (χ0n) is 15.7. The van der Waals surface area contributed by atoms with Crippen LogP contribution in [0, 0.1) is 6.92 Å². The maximum absolute atomic E-state index is 13.1. The fraction of sp³-hybridized carbons (Fsp3) is 0.450. The van der Waals surface area contributed by atoms with Crippen molar-refractivity contribution in [3.05, 3.63) is 47.8 Å². The van der Waals surface area contributed by atoms with E-state index in [0.29, 0.717) is 31.7 Å². The lowest BCUT2D eigenvalue weighted by Gasteiger charge is -2.35. The molecule has 1 aliphatic rings. The van der Waals surface area contributed by atoms with Gasteiger partial charge in [-0.05, 0) is 44.4 Å². The fourth-order valence-corrected chi connectivity index (χ4v) is 3.49. The molecule has 0 radical (unpaired) electrons. The van der Waals surface area contributed by atoms with Gasteiger partial charge in [-0.15, -0.1) is 0 Å². The number of carbonyl (C=O) groups is 2. The number of rotatable bonds is 6. The van der Waals surface area contributed by atoms with E-state index in [-0.39, 0.29) is 17.9 Å². The summed E-state index contributed by atoms with van der Waals surface area (Å²) in [6.07, 6.45) is 3.21. The summed E-state index contributed by atoms with van der Waals surface area (Å²) in [5.74, 6) is -0.148. The van der Waals surface area contributed by atoms with Crippen LogP contribution in [0.3, 0.4) is 0 Å². The van der Waals surface area contributed by atoms with Gasteiger partial charge in [0.25, 0.3) is 5.91 Å². The van der Waals surface area contributed by atoms with Crippen LogP contribution < -0.4 is 11.1 Å². The van der Waals surface area contributed by atoms with Crippen molar-refractivity contribution >= 4 is 11.8 Å². The Hall–Kier alpha value is -2.67. The average Bonchev–Trinajstić information content (AvgIpc) is 3.08. The van der Waals surface area contributed by atoms with Crippen LogP contribution in [0.25, 0.3) is 5.69 Å². The molecule has 7 nitrogen and oxygen atoms in total. The van der Waals surface area contributed by atoms with Gasteiger partial charge in [0, 0.05) is 37.8 Å². The Bertz CT molecular complexity index is 787. The van der Waals surface area contributed by atoms with E-state index in [2.05, 4.69) is 10.4 Å². The second kappa shape index (κ2) is 8.81. The van der Waals surface area contributed by atoms with Crippen LogP contribution in [-0.4, -0.2) is 52.2 Å². The SMILES string of the molecule is Cc1cc(C(=O)N2CCCCC2CNC(=O)CCN)nn1-c1ccccc1. The minimum atomic E-state index is -0.0782. The molecule has 2 aromatic rings. The fourth-order valence-electron chi connectivity index (χ4n) is 3.49. The number of hydrogen-bond acceptors (Lipinski definition) is 4. The minimum Gasteiger partial charge on any atom is -0.354 e. The summed E-state index contributed by atoms with van der Waals surface area (Å²) >= 11 is 0. The molecule has 7 heteroatoms. The number of aryl methyl sites for hydroxylation is 1. The lowest BCUT2D eigenvalue weighted by Crippen LogP contribution is -2.49. The van der Waals surface area contributed by atoms with Crippen molar-refractivity contribution in [1.82, 2.24) is 20.0 Å². The summed E-state index contributed by atoms with van der Waals surface area (Å²) in [4.78, 5) is 26.7. The average molecular weight is 369 g/mol. The molecular formula is C20H27N5O2. The van der Waals surface area contributed by atoms with Gasteiger partial charge in [-0.2, -0.15) is 5.10 Å². The normalized spacial score (nSPS) is 17.0. The van der Waals surface area contributed by atoms with Crippen molar-refractivity contribution in [1.29, 1.82) is 0 Å². The maximum Gasteiger partial charge on any atom is 0.274 e. The Kier molecular flexibility index (Phi) is 6.24. The molecule has 27 heavy (non-hydrogen) atoms. The smallest absolute Gasteiger partial charge is 0.274 e. The summed E-state index contributed by atoms with van der Waals surface area (Å²) in [6.45, 7) is 3.42. The Labute approximate surface area is 159 Å². The van der Waals surface area contributed by atoms with Crippen LogP contribution in [-0.2, 0) is 4.79 Å². The Balaban J connectivity index is 1.74. The third-order valence-electron chi connectivity index (χ3n) is 4.90. The van der Waals surface area contributed by atoms with Crippen molar-refractivity contribution in [2.75, 3.05) is 19.6 Å². The van der Waals surface area contributed by atoms with Gasteiger partial charge in [-0.25, -0.2) is 4.68 Å². The number of carbonyl (C=O) groups excluding carboxylic acids is 2. The van der Waals surface area contributed by atoms with Crippen LogP contribution in [0.4, 0.5) is 0 Å². The minimum absolute atomic E-state index is 0.00449.